The van der Waals surface area contributed by atoms with Gasteiger partial charge >= 0.3 is 0 Å². The van der Waals surface area contributed by atoms with Crippen LogP contribution in [0.3, 0.4) is 0 Å². The predicted molar refractivity (Wildman–Crippen MR) is 114 cm³/mol. The van der Waals surface area contributed by atoms with Crippen molar-refractivity contribution >= 4 is 46.8 Å². The highest BCUT2D eigenvalue weighted by molar-refractivity contribution is 7.98. The number of likely N-dealkylation sites (tertiary alicyclic amines) is 1. The first kappa shape index (κ1) is 20.3. The van der Waals surface area contributed by atoms with E-state index in [-0.39, 0.29) is 36.4 Å². The van der Waals surface area contributed by atoms with Gasteiger partial charge in [-0.1, -0.05) is 23.7 Å². The van der Waals surface area contributed by atoms with Gasteiger partial charge in [-0.2, -0.15) is 11.8 Å². The lowest BCUT2D eigenvalue weighted by Crippen LogP contribution is -2.53. The van der Waals surface area contributed by atoms with E-state index < -0.39 is 17.4 Å². The SMILES string of the molecule is CSCC[C@@H]1N[C@@]2(C(=O)Nc3c(Cl)cccc32)[C@H]2C(=O)N(CC3CCCO3)C(=O)[C@@H]12. The largest absolute Gasteiger partial charge is 0.376 e. The number of hydrogen-bond acceptors (Lipinski definition) is 6. The molecule has 0 saturated carbocycles. The Bertz CT molecular complexity index is 922. The number of imide groups is 1. The lowest BCUT2D eigenvalue weighted by Gasteiger charge is -2.30. The van der Waals surface area contributed by atoms with E-state index in [1.54, 1.807) is 23.9 Å². The molecule has 3 saturated heterocycles. The van der Waals surface area contributed by atoms with E-state index in [9.17, 15) is 14.4 Å². The number of thioether (sulfide) groups is 1. The first-order valence-electron chi connectivity index (χ1n) is 10.3. The second-order valence-electron chi connectivity index (χ2n) is 8.38. The number of nitrogens with zero attached hydrogens (tertiary/aromatic N) is 1. The van der Waals surface area contributed by atoms with Gasteiger partial charge in [0, 0.05) is 18.2 Å². The molecule has 0 aliphatic carbocycles. The Hall–Kier alpha value is -1.61. The summed E-state index contributed by atoms with van der Waals surface area (Å²) in [6.07, 6.45) is 4.35. The number of carbonyl (C=O) groups excluding carboxylic acids is 3. The van der Waals surface area contributed by atoms with Crippen LogP contribution in [0.1, 0.15) is 24.8 Å². The molecule has 3 amide bonds. The van der Waals surface area contributed by atoms with Crippen LogP contribution in [0.2, 0.25) is 5.02 Å². The van der Waals surface area contributed by atoms with Crippen LogP contribution in [0.5, 0.6) is 0 Å². The first-order chi connectivity index (χ1) is 14.5. The third kappa shape index (κ3) is 2.77. The van der Waals surface area contributed by atoms with Crippen LogP contribution in [-0.4, -0.2) is 59.9 Å². The standard InChI is InChI=1S/C21H24ClN3O4S/c1-30-9-7-14-15-16(19(27)25(18(15)26)10-11-4-3-8-29-11)21(24-14)12-5-2-6-13(22)17(12)23-20(21)28/h2,5-6,11,14-16,24H,3-4,7-10H2,1H3,(H,23,28)/t11?,14-,15-,16+,21+/m0/s1. The number of para-hydroxylation sites is 1. The molecule has 0 bridgehead atoms. The molecule has 4 aliphatic rings. The van der Waals surface area contributed by atoms with Crippen molar-refractivity contribution in [2.75, 3.05) is 30.5 Å². The summed E-state index contributed by atoms with van der Waals surface area (Å²) in [7, 11) is 0. The molecule has 160 valence electrons. The molecule has 1 unspecified atom stereocenters. The van der Waals surface area contributed by atoms with Crippen molar-refractivity contribution in [2.24, 2.45) is 11.8 Å². The monoisotopic (exact) mass is 449 g/mol. The Kier molecular flexibility index (Phi) is 5.08. The molecule has 0 aromatic heterocycles. The molecular formula is C21H24ClN3O4S. The molecule has 4 aliphatic heterocycles. The molecule has 1 spiro atoms. The normalized spacial score (nSPS) is 34.7. The Labute approximate surface area is 184 Å². The second kappa shape index (κ2) is 7.51. The number of amides is 3. The number of rotatable bonds is 5. The van der Waals surface area contributed by atoms with Gasteiger partial charge in [0.25, 0.3) is 0 Å². The zero-order chi connectivity index (χ0) is 21.0. The van der Waals surface area contributed by atoms with Crippen LogP contribution in [0.15, 0.2) is 18.2 Å². The molecule has 5 atom stereocenters. The van der Waals surface area contributed by atoms with Gasteiger partial charge in [-0.3, -0.25) is 24.6 Å². The predicted octanol–water partition coefficient (Wildman–Crippen LogP) is 1.99. The van der Waals surface area contributed by atoms with E-state index in [4.69, 9.17) is 16.3 Å². The Morgan fingerprint density at radius 3 is 2.87 bits per heavy atom. The van der Waals surface area contributed by atoms with Crippen molar-refractivity contribution in [1.82, 2.24) is 10.2 Å². The number of hydrogen-bond donors (Lipinski definition) is 2. The Morgan fingerprint density at radius 1 is 1.30 bits per heavy atom. The molecular weight excluding hydrogens is 426 g/mol. The van der Waals surface area contributed by atoms with E-state index in [1.807, 2.05) is 12.3 Å². The van der Waals surface area contributed by atoms with Crippen molar-refractivity contribution in [3.63, 3.8) is 0 Å². The molecule has 3 fully saturated rings. The highest BCUT2D eigenvalue weighted by Crippen LogP contribution is 2.54. The summed E-state index contributed by atoms with van der Waals surface area (Å²) >= 11 is 8.02. The minimum absolute atomic E-state index is 0.121. The maximum absolute atomic E-state index is 13.6. The maximum atomic E-state index is 13.6. The quantitative estimate of drug-likeness (QED) is 0.668. The van der Waals surface area contributed by atoms with Crippen molar-refractivity contribution in [3.05, 3.63) is 28.8 Å². The van der Waals surface area contributed by atoms with E-state index >= 15 is 0 Å². The van der Waals surface area contributed by atoms with Gasteiger partial charge in [-0.15, -0.1) is 0 Å². The Balaban J connectivity index is 1.57. The minimum atomic E-state index is -1.27. The highest BCUT2D eigenvalue weighted by atomic mass is 35.5. The third-order valence-electron chi connectivity index (χ3n) is 6.83. The molecule has 1 aromatic rings. The van der Waals surface area contributed by atoms with Gasteiger partial charge in [0.2, 0.25) is 17.7 Å². The molecule has 2 N–H and O–H groups in total. The van der Waals surface area contributed by atoms with E-state index in [2.05, 4.69) is 10.6 Å². The summed E-state index contributed by atoms with van der Waals surface area (Å²) < 4.78 is 5.67. The average molecular weight is 450 g/mol. The summed E-state index contributed by atoms with van der Waals surface area (Å²) in [5.41, 5.74) is -0.0908. The third-order valence-corrected chi connectivity index (χ3v) is 7.79. The lowest BCUT2D eigenvalue weighted by atomic mass is 9.76. The number of benzene rings is 1. The van der Waals surface area contributed by atoms with E-state index in [0.29, 0.717) is 29.3 Å². The van der Waals surface area contributed by atoms with Crippen LogP contribution in [-0.2, 0) is 24.7 Å². The van der Waals surface area contributed by atoms with Gasteiger partial charge < -0.3 is 10.1 Å². The second-order valence-corrected chi connectivity index (χ2v) is 9.78. The number of nitrogens with one attached hydrogen (secondary N) is 2. The van der Waals surface area contributed by atoms with Crippen LogP contribution >= 0.6 is 23.4 Å². The fourth-order valence-electron chi connectivity index (χ4n) is 5.52. The molecule has 1 aromatic carbocycles. The fourth-order valence-corrected chi connectivity index (χ4v) is 6.23. The minimum Gasteiger partial charge on any atom is -0.376 e. The van der Waals surface area contributed by atoms with Gasteiger partial charge in [-0.05, 0) is 37.3 Å². The zero-order valence-corrected chi connectivity index (χ0v) is 18.2. The first-order valence-corrected chi connectivity index (χ1v) is 12.1. The van der Waals surface area contributed by atoms with E-state index in [0.717, 1.165) is 18.6 Å². The van der Waals surface area contributed by atoms with Gasteiger partial charge in [0.1, 0.15) is 5.54 Å². The lowest BCUT2D eigenvalue weighted by molar-refractivity contribution is -0.144. The molecule has 7 nitrogen and oxygen atoms in total. The summed E-state index contributed by atoms with van der Waals surface area (Å²) in [6.45, 7) is 0.921. The summed E-state index contributed by atoms with van der Waals surface area (Å²) in [5, 5.41) is 6.72. The Morgan fingerprint density at radius 2 is 2.13 bits per heavy atom. The molecule has 4 heterocycles. The van der Waals surface area contributed by atoms with Crippen molar-refractivity contribution in [1.29, 1.82) is 0 Å². The van der Waals surface area contributed by atoms with Crippen LogP contribution in [0, 0.1) is 11.8 Å². The van der Waals surface area contributed by atoms with Crippen LogP contribution in [0.25, 0.3) is 0 Å². The fraction of sp³-hybridized carbons (Fsp3) is 0.571. The molecule has 9 heteroatoms. The zero-order valence-electron chi connectivity index (χ0n) is 16.7. The number of anilines is 1. The van der Waals surface area contributed by atoms with E-state index in [1.165, 1.54) is 4.90 Å². The molecule has 0 radical (unpaired) electrons. The number of ether oxygens (including phenoxy) is 1. The van der Waals surface area contributed by atoms with Crippen molar-refractivity contribution in [3.8, 4) is 0 Å². The van der Waals surface area contributed by atoms with Crippen LogP contribution in [0.4, 0.5) is 5.69 Å². The number of halogens is 1. The van der Waals surface area contributed by atoms with Gasteiger partial charge in [0.05, 0.1) is 35.2 Å². The summed E-state index contributed by atoms with van der Waals surface area (Å²) in [5.74, 6) is -1.32. The van der Waals surface area contributed by atoms with Crippen LogP contribution < -0.4 is 10.6 Å². The average Bonchev–Trinajstić information content (AvgIpc) is 3.47. The summed E-state index contributed by atoms with van der Waals surface area (Å²) in [6, 6.07) is 5.05. The topological polar surface area (TPSA) is 87.7 Å². The highest BCUT2D eigenvalue weighted by Gasteiger charge is 2.70. The summed E-state index contributed by atoms with van der Waals surface area (Å²) in [4.78, 5) is 41.7. The molecule has 30 heavy (non-hydrogen) atoms. The van der Waals surface area contributed by atoms with Gasteiger partial charge in [0.15, 0.2) is 0 Å². The van der Waals surface area contributed by atoms with Gasteiger partial charge in [-0.25, -0.2) is 0 Å². The molecule has 5 rings (SSSR count). The smallest absolute Gasteiger partial charge is 0.250 e. The number of carbonyl (C=O) groups is 3. The van der Waals surface area contributed by atoms with Crippen molar-refractivity contribution < 1.29 is 19.1 Å². The maximum Gasteiger partial charge on any atom is 0.250 e. The number of fused-ring (bicyclic) bond motifs is 4. The van der Waals surface area contributed by atoms with Crippen molar-refractivity contribution in [2.45, 2.75) is 36.9 Å².